The van der Waals surface area contributed by atoms with Gasteiger partial charge in [-0.2, -0.15) is 0 Å². The lowest BCUT2D eigenvalue weighted by atomic mass is 10.1. The second kappa shape index (κ2) is 6.80. The fourth-order valence-electron chi connectivity index (χ4n) is 1.00. The summed E-state index contributed by atoms with van der Waals surface area (Å²) in [4.78, 5) is 32.3. The summed E-state index contributed by atoms with van der Waals surface area (Å²) >= 11 is 0. The molecule has 0 aromatic heterocycles. The third-order valence-electron chi connectivity index (χ3n) is 1.60. The highest BCUT2D eigenvalue weighted by atomic mass is 16.5. The standard InChI is InChI=1S/C9H15NO5/c1-3-15-9(14)7(10-6(2)11)4-5-8(12)13/h7H,3-5H2,1-2H3,(H,10,11)(H,12,13)/t7-/m0/s1. The second-order valence-electron chi connectivity index (χ2n) is 2.94. The Hall–Kier alpha value is -1.59. The molecule has 86 valence electrons. The minimum atomic E-state index is -1.02. The van der Waals surface area contributed by atoms with Crippen LogP contribution in [0.4, 0.5) is 0 Å². The Bertz CT molecular complexity index is 251. The van der Waals surface area contributed by atoms with Crippen LogP contribution in [-0.4, -0.2) is 35.6 Å². The average Bonchev–Trinajstić information content (AvgIpc) is 2.11. The molecule has 0 aliphatic rings. The van der Waals surface area contributed by atoms with Crippen molar-refractivity contribution in [2.75, 3.05) is 6.61 Å². The summed E-state index contributed by atoms with van der Waals surface area (Å²) in [6.07, 6.45) is -0.155. The van der Waals surface area contributed by atoms with Gasteiger partial charge in [0, 0.05) is 13.3 Å². The molecule has 0 aliphatic heterocycles. The predicted molar refractivity (Wildman–Crippen MR) is 51.1 cm³/mol. The van der Waals surface area contributed by atoms with Crippen LogP contribution < -0.4 is 5.32 Å². The summed E-state index contributed by atoms with van der Waals surface area (Å²) in [5.74, 6) is -2.01. The number of amides is 1. The Kier molecular flexibility index (Phi) is 6.08. The molecule has 0 fully saturated rings. The molecule has 0 bridgehead atoms. The van der Waals surface area contributed by atoms with E-state index in [2.05, 4.69) is 5.32 Å². The van der Waals surface area contributed by atoms with E-state index >= 15 is 0 Å². The van der Waals surface area contributed by atoms with Gasteiger partial charge in [0.25, 0.3) is 0 Å². The first-order valence-electron chi connectivity index (χ1n) is 4.63. The van der Waals surface area contributed by atoms with E-state index in [1.54, 1.807) is 6.92 Å². The summed E-state index contributed by atoms with van der Waals surface area (Å²) in [5, 5.41) is 10.8. The zero-order valence-electron chi connectivity index (χ0n) is 8.78. The summed E-state index contributed by atoms with van der Waals surface area (Å²) in [6, 6.07) is -0.876. The molecular formula is C9H15NO5. The molecule has 0 saturated heterocycles. The van der Waals surface area contributed by atoms with Gasteiger partial charge in [-0.3, -0.25) is 9.59 Å². The smallest absolute Gasteiger partial charge is 0.328 e. The highest BCUT2D eigenvalue weighted by molar-refractivity contribution is 5.83. The van der Waals surface area contributed by atoms with Crippen LogP contribution >= 0.6 is 0 Å². The van der Waals surface area contributed by atoms with Crippen molar-refractivity contribution >= 4 is 17.8 Å². The molecule has 0 rings (SSSR count). The van der Waals surface area contributed by atoms with Gasteiger partial charge < -0.3 is 15.2 Å². The van der Waals surface area contributed by atoms with Crippen molar-refractivity contribution in [1.82, 2.24) is 5.32 Å². The highest BCUT2D eigenvalue weighted by Crippen LogP contribution is 2.00. The maximum atomic E-state index is 11.3. The minimum absolute atomic E-state index is 0.0355. The van der Waals surface area contributed by atoms with Crippen LogP contribution in [0.15, 0.2) is 0 Å². The van der Waals surface area contributed by atoms with Gasteiger partial charge in [-0.25, -0.2) is 4.79 Å². The lowest BCUT2D eigenvalue weighted by Crippen LogP contribution is -2.41. The Morgan fingerprint density at radius 1 is 1.40 bits per heavy atom. The normalized spacial score (nSPS) is 11.6. The van der Waals surface area contributed by atoms with Crippen molar-refractivity contribution in [1.29, 1.82) is 0 Å². The molecule has 0 saturated carbocycles. The minimum Gasteiger partial charge on any atom is -0.481 e. The van der Waals surface area contributed by atoms with E-state index in [0.29, 0.717) is 0 Å². The fourth-order valence-corrected chi connectivity index (χ4v) is 1.00. The van der Waals surface area contributed by atoms with Crippen LogP contribution in [-0.2, 0) is 19.1 Å². The van der Waals surface area contributed by atoms with Gasteiger partial charge in [-0.15, -0.1) is 0 Å². The van der Waals surface area contributed by atoms with E-state index in [-0.39, 0.29) is 19.4 Å². The number of ether oxygens (including phenoxy) is 1. The molecule has 2 N–H and O–H groups in total. The number of carboxylic acid groups (broad SMARTS) is 1. The van der Waals surface area contributed by atoms with E-state index in [0.717, 1.165) is 0 Å². The number of nitrogens with one attached hydrogen (secondary N) is 1. The summed E-state index contributed by atoms with van der Waals surface area (Å²) < 4.78 is 4.69. The van der Waals surface area contributed by atoms with Gasteiger partial charge in [0.1, 0.15) is 6.04 Å². The Balaban J connectivity index is 4.23. The molecule has 0 radical (unpaired) electrons. The number of hydrogen-bond acceptors (Lipinski definition) is 4. The quantitative estimate of drug-likeness (QED) is 0.607. The van der Waals surface area contributed by atoms with E-state index in [1.165, 1.54) is 6.92 Å². The van der Waals surface area contributed by atoms with Gasteiger partial charge in [0.2, 0.25) is 5.91 Å². The topological polar surface area (TPSA) is 92.7 Å². The van der Waals surface area contributed by atoms with Crippen LogP contribution in [0.3, 0.4) is 0 Å². The number of carbonyl (C=O) groups is 3. The summed E-state index contributed by atoms with van der Waals surface area (Å²) in [5.41, 5.74) is 0. The lowest BCUT2D eigenvalue weighted by molar-refractivity contribution is -0.148. The van der Waals surface area contributed by atoms with E-state index in [9.17, 15) is 14.4 Å². The first-order valence-corrected chi connectivity index (χ1v) is 4.63. The Labute approximate surface area is 87.6 Å². The molecule has 15 heavy (non-hydrogen) atoms. The van der Waals surface area contributed by atoms with E-state index in [1.807, 2.05) is 0 Å². The van der Waals surface area contributed by atoms with Crippen molar-refractivity contribution in [3.05, 3.63) is 0 Å². The number of hydrogen-bond donors (Lipinski definition) is 2. The van der Waals surface area contributed by atoms with Crippen molar-refractivity contribution in [2.45, 2.75) is 32.7 Å². The van der Waals surface area contributed by atoms with Crippen molar-refractivity contribution in [3.63, 3.8) is 0 Å². The van der Waals surface area contributed by atoms with Crippen molar-refractivity contribution in [3.8, 4) is 0 Å². The van der Waals surface area contributed by atoms with E-state index < -0.39 is 23.9 Å². The monoisotopic (exact) mass is 217 g/mol. The van der Waals surface area contributed by atoms with Crippen molar-refractivity contribution < 1.29 is 24.2 Å². The summed E-state index contributed by atoms with van der Waals surface area (Å²) in [6.45, 7) is 3.09. The lowest BCUT2D eigenvalue weighted by Gasteiger charge is -2.14. The molecular weight excluding hydrogens is 202 g/mol. The third-order valence-corrected chi connectivity index (χ3v) is 1.60. The summed E-state index contributed by atoms with van der Waals surface area (Å²) in [7, 11) is 0. The Morgan fingerprint density at radius 2 is 2.00 bits per heavy atom. The molecule has 6 heteroatoms. The van der Waals surface area contributed by atoms with Crippen LogP contribution in [0.5, 0.6) is 0 Å². The predicted octanol–water partition coefficient (Wildman–Crippen LogP) is -0.0810. The largest absolute Gasteiger partial charge is 0.481 e. The van der Waals surface area contributed by atoms with Gasteiger partial charge in [0.15, 0.2) is 0 Å². The van der Waals surface area contributed by atoms with Crippen molar-refractivity contribution in [2.24, 2.45) is 0 Å². The molecule has 1 atom stereocenters. The number of carbonyl (C=O) groups excluding carboxylic acids is 2. The molecule has 0 aromatic rings. The van der Waals surface area contributed by atoms with Crippen LogP contribution in [0.1, 0.15) is 26.7 Å². The molecule has 6 nitrogen and oxygen atoms in total. The van der Waals surface area contributed by atoms with Gasteiger partial charge >= 0.3 is 11.9 Å². The number of esters is 1. The van der Waals surface area contributed by atoms with Crippen LogP contribution in [0, 0.1) is 0 Å². The first kappa shape index (κ1) is 13.4. The van der Waals surface area contributed by atoms with Gasteiger partial charge in [-0.1, -0.05) is 0 Å². The first-order chi connectivity index (χ1) is 6.97. The maximum absolute atomic E-state index is 11.3. The molecule has 0 heterocycles. The number of aliphatic carboxylic acids is 1. The zero-order valence-corrected chi connectivity index (χ0v) is 8.78. The Morgan fingerprint density at radius 3 is 2.40 bits per heavy atom. The average molecular weight is 217 g/mol. The molecule has 0 unspecified atom stereocenters. The van der Waals surface area contributed by atoms with Gasteiger partial charge in [-0.05, 0) is 13.3 Å². The molecule has 0 aromatic carbocycles. The number of rotatable bonds is 6. The van der Waals surface area contributed by atoms with E-state index in [4.69, 9.17) is 9.84 Å². The molecule has 0 aliphatic carbocycles. The fraction of sp³-hybridized carbons (Fsp3) is 0.667. The molecule has 0 spiro atoms. The zero-order chi connectivity index (χ0) is 11.8. The van der Waals surface area contributed by atoms with Gasteiger partial charge in [0.05, 0.1) is 6.61 Å². The van der Waals surface area contributed by atoms with Crippen LogP contribution in [0.2, 0.25) is 0 Å². The maximum Gasteiger partial charge on any atom is 0.328 e. The highest BCUT2D eigenvalue weighted by Gasteiger charge is 2.21. The SMILES string of the molecule is CCOC(=O)[C@H](CCC(=O)O)NC(C)=O. The second-order valence-corrected chi connectivity index (χ2v) is 2.94. The third kappa shape index (κ3) is 6.48. The number of carboxylic acids is 1. The molecule has 1 amide bonds. The van der Waals surface area contributed by atoms with Crippen LogP contribution in [0.25, 0.3) is 0 Å².